The minimum Gasteiger partial charge on any atom is -0.399 e. The third-order valence-corrected chi connectivity index (χ3v) is 4.44. The molecule has 0 aliphatic carbocycles. The van der Waals surface area contributed by atoms with E-state index in [0.717, 1.165) is 0 Å². The summed E-state index contributed by atoms with van der Waals surface area (Å²) in [5.74, 6) is 0.0802. The molecule has 0 radical (unpaired) electrons. The van der Waals surface area contributed by atoms with Gasteiger partial charge >= 0.3 is 0 Å². The molecule has 108 valence electrons. The number of carbonyl (C=O) groups is 1. The van der Waals surface area contributed by atoms with E-state index in [2.05, 4.69) is 4.99 Å². The highest BCUT2D eigenvalue weighted by Crippen LogP contribution is 2.47. The van der Waals surface area contributed by atoms with Crippen LogP contribution in [0.15, 0.2) is 23.2 Å². The van der Waals surface area contributed by atoms with Crippen molar-refractivity contribution < 1.29 is 9.18 Å². The summed E-state index contributed by atoms with van der Waals surface area (Å²) < 4.78 is 14.2. The van der Waals surface area contributed by atoms with Crippen LogP contribution in [0.4, 0.5) is 10.1 Å². The van der Waals surface area contributed by atoms with Gasteiger partial charge in [-0.25, -0.2) is 4.39 Å². The van der Waals surface area contributed by atoms with Crippen molar-refractivity contribution in [3.63, 3.8) is 0 Å². The molecule has 5 heteroatoms. The van der Waals surface area contributed by atoms with Crippen molar-refractivity contribution in [1.82, 2.24) is 4.90 Å². The smallest absolute Gasteiger partial charge is 0.236 e. The van der Waals surface area contributed by atoms with Crippen molar-refractivity contribution in [2.24, 2.45) is 10.4 Å². The van der Waals surface area contributed by atoms with Gasteiger partial charge in [0.05, 0.1) is 5.41 Å². The fourth-order valence-electron chi connectivity index (χ4n) is 2.63. The van der Waals surface area contributed by atoms with Gasteiger partial charge in [-0.15, -0.1) is 0 Å². The summed E-state index contributed by atoms with van der Waals surface area (Å²) in [6, 6.07) is 4.38. The van der Waals surface area contributed by atoms with E-state index in [9.17, 15) is 9.18 Å². The van der Waals surface area contributed by atoms with Crippen molar-refractivity contribution in [3.05, 3.63) is 29.6 Å². The molecule has 2 rings (SSSR count). The number of nitrogens with zero attached hydrogens (tertiary/aromatic N) is 2. The molecule has 2 N–H and O–H groups in total. The molecule has 1 atom stereocenters. The Kier molecular flexibility index (Phi) is 3.11. The van der Waals surface area contributed by atoms with Crippen LogP contribution in [0.5, 0.6) is 0 Å². The lowest BCUT2D eigenvalue weighted by Crippen LogP contribution is -2.56. The number of benzene rings is 1. The van der Waals surface area contributed by atoms with Crippen molar-refractivity contribution in [1.29, 1.82) is 0 Å². The predicted octanol–water partition coefficient (Wildman–Crippen LogP) is 2.54. The van der Waals surface area contributed by atoms with Gasteiger partial charge in [0.1, 0.15) is 17.2 Å². The Morgan fingerprint density at radius 2 is 1.90 bits per heavy atom. The molecule has 0 bridgehead atoms. The van der Waals surface area contributed by atoms with E-state index in [1.165, 1.54) is 17.0 Å². The third kappa shape index (κ3) is 1.80. The maximum absolute atomic E-state index is 14.2. The number of nitrogen functional groups attached to an aromatic ring is 1. The van der Waals surface area contributed by atoms with E-state index >= 15 is 0 Å². The lowest BCUT2D eigenvalue weighted by Gasteiger charge is -2.46. The first-order valence-corrected chi connectivity index (χ1v) is 6.51. The number of aliphatic imine (C=N–C) groups is 1. The van der Waals surface area contributed by atoms with E-state index in [0.29, 0.717) is 17.1 Å². The fourth-order valence-corrected chi connectivity index (χ4v) is 2.63. The van der Waals surface area contributed by atoms with Crippen molar-refractivity contribution in [2.75, 3.05) is 12.8 Å². The maximum atomic E-state index is 14.2. The van der Waals surface area contributed by atoms with Crippen LogP contribution in [0.2, 0.25) is 0 Å². The molecule has 20 heavy (non-hydrogen) atoms. The summed E-state index contributed by atoms with van der Waals surface area (Å²) in [4.78, 5) is 18.6. The molecule has 0 aromatic heterocycles. The van der Waals surface area contributed by atoms with Crippen LogP contribution in [-0.2, 0) is 10.3 Å². The molecular weight excluding hydrogens is 257 g/mol. The Hall–Kier alpha value is -1.91. The number of hydrogen-bond acceptors (Lipinski definition) is 3. The molecule has 1 aromatic carbocycles. The largest absolute Gasteiger partial charge is 0.399 e. The number of halogens is 1. The maximum Gasteiger partial charge on any atom is 0.236 e. The van der Waals surface area contributed by atoms with Crippen molar-refractivity contribution in [2.45, 2.75) is 33.2 Å². The first-order chi connectivity index (χ1) is 9.11. The quantitative estimate of drug-likeness (QED) is 0.802. The lowest BCUT2D eigenvalue weighted by atomic mass is 9.67. The third-order valence-electron chi connectivity index (χ3n) is 4.44. The zero-order valence-electron chi connectivity index (χ0n) is 12.5. The Morgan fingerprint density at radius 1 is 1.30 bits per heavy atom. The van der Waals surface area contributed by atoms with Crippen LogP contribution in [0.3, 0.4) is 0 Å². The number of nitrogens with two attached hydrogens (primary N) is 1. The summed E-state index contributed by atoms with van der Waals surface area (Å²) in [6.07, 6.45) is 0. The highest BCUT2D eigenvalue weighted by molar-refractivity contribution is 6.02. The topological polar surface area (TPSA) is 58.7 Å². The van der Waals surface area contributed by atoms with Crippen molar-refractivity contribution >= 4 is 17.4 Å². The van der Waals surface area contributed by atoms with Crippen LogP contribution in [-0.4, -0.2) is 23.7 Å². The summed E-state index contributed by atoms with van der Waals surface area (Å²) in [5.41, 5.74) is 4.72. The molecule has 0 spiro atoms. The number of amidine groups is 1. The van der Waals surface area contributed by atoms with Crippen LogP contribution in [0, 0.1) is 11.2 Å². The minimum absolute atomic E-state index is 0.0886. The van der Waals surface area contributed by atoms with Gasteiger partial charge in [-0.1, -0.05) is 0 Å². The first kappa shape index (κ1) is 14.5. The second-order valence-electron chi connectivity index (χ2n) is 5.96. The molecule has 0 unspecified atom stereocenters. The van der Waals surface area contributed by atoms with E-state index in [1.807, 2.05) is 0 Å². The van der Waals surface area contributed by atoms with Gasteiger partial charge in [0.2, 0.25) is 5.91 Å². The molecular formula is C15H20FN3O. The van der Waals surface area contributed by atoms with E-state index < -0.39 is 16.8 Å². The average Bonchev–Trinajstić information content (AvgIpc) is 2.37. The molecule has 0 saturated carbocycles. The van der Waals surface area contributed by atoms with E-state index in [1.54, 1.807) is 40.8 Å². The molecule has 1 aromatic rings. The lowest BCUT2D eigenvalue weighted by molar-refractivity contribution is -0.140. The van der Waals surface area contributed by atoms with Crippen LogP contribution >= 0.6 is 0 Å². The molecule has 1 amide bonds. The average molecular weight is 277 g/mol. The van der Waals surface area contributed by atoms with Gasteiger partial charge in [-0.05, 0) is 45.9 Å². The summed E-state index contributed by atoms with van der Waals surface area (Å²) in [7, 11) is 1.68. The zero-order valence-corrected chi connectivity index (χ0v) is 12.5. The van der Waals surface area contributed by atoms with E-state index in [4.69, 9.17) is 5.73 Å². The standard InChI is InChI=1S/C15H20FN3O/c1-9-18-15(4,14(2,3)13(20)19(9)5)11-8-10(17)6-7-12(11)16/h6-8H,17H2,1-5H3/t15-/m1/s1. The zero-order chi connectivity index (χ0) is 15.3. The number of carbonyl (C=O) groups excluding carboxylic acids is 1. The van der Waals surface area contributed by atoms with Crippen LogP contribution in [0.25, 0.3) is 0 Å². The van der Waals surface area contributed by atoms with Gasteiger partial charge < -0.3 is 10.6 Å². The molecule has 1 aliphatic rings. The molecule has 0 saturated heterocycles. The van der Waals surface area contributed by atoms with Gasteiger partial charge in [0, 0.05) is 18.3 Å². The summed E-state index contributed by atoms with van der Waals surface area (Å²) in [6.45, 7) is 7.09. The number of hydrogen-bond donors (Lipinski definition) is 1. The van der Waals surface area contributed by atoms with E-state index in [-0.39, 0.29) is 5.91 Å². The monoisotopic (exact) mass is 277 g/mol. The van der Waals surface area contributed by atoms with Gasteiger partial charge in [-0.3, -0.25) is 9.79 Å². The fraction of sp³-hybridized carbons (Fsp3) is 0.467. The summed E-state index contributed by atoms with van der Waals surface area (Å²) >= 11 is 0. The Labute approximate surface area is 118 Å². The molecule has 1 aliphatic heterocycles. The Morgan fingerprint density at radius 3 is 2.50 bits per heavy atom. The minimum atomic E-state index is -0.986. The SMILES string of the molecule is CC1=N[C@](C)(c2cc(N)ccc2F)C(C)(C)C(=O)N1C. The number of amides is 1. The van der Waals surface area contributed by atoms with Crippen LogP contribution < -0.4 is 5.73 Å². The Balaban J connectivity index is 2.74. The number of rotatable bonds is 1. The normalized spacial score (nSPS) is 25.6. The highest BCUT2D eigenvalue weighted by atomic mass is 19.1. The van der Waals surface area contributed by atoms with Gasteiger partial charge in [0.15, 0.2) is 0 Å². The predicted molar refractivity (Wildman–Crippen MR) is 77.8 cm³/mol. The summed E-state index contributed by atoms with van der Waals surface area (Å²) in [5, 5.41) is 0. The molecule has 0 fully saturated rings. The second kappa shape index (κ2) is 4.30. The molecule has 4 nitrogen and oxygen atoms in total. The molecule has 1 heterocycles. The second-order valence-corrected chi connectivity index (χ2v) is 5.96. The number of anilines is 1. The van der Waals surface area contributed by atoms with Gasteiger partial charge in [-0.2, -0.15) is 0 Å². The first-order valence-electron chi connectivity index (χ1n) is 6.51. The van der Waals surface area contributed by atoms with Gasteiger partial charge in [0.25, 0.3) is 0 Å². The highest BCUT2D eigenvalue weighted by Gasteiger charge is 2.53. The Bertz CT molecular complexity index is 609. The van der Waals surface area contributed by atoms with Crippen molar-refractivity contribution in [3.8, 4) is 0 Å². The van der Waals surface area contributed by atoms with Crippen LogP contribution in [0.1, 0.15) is 33.3 Å².